The standard InChI is InChI=1S/C29H32N4O4/c1-28(2,3)24(20-13-15-23(16-14-20)36-18-22-8-6-7-17-30-22)19-9-11-21(12-10-19)25-31-26(37-33-25)29(4,5)32-27(34)35/h6-17,24,32H,18H2,1-5H3,(H,34,35). The van der Waals surface area contributed by atoms with Crippen LogP contribution in [0.15, 0.2) is 77.4 Å². The number of amides is 1. The Bertz CT molecular complexity index is 1330. The highest BCUT2D eigenvalue weighted by Gasteiger charge is 2.30. The molecule has 1 unspecified atom stereocenters. The average molecular weight is 501 g/mol. The van der Waals surface area contributed by atoms with Crippen molar-refractivity contribution in [2.45, 2.75) is 52.7 Å². The number of rotatable bonds is 8. The fourth-order valence-electron chi connectivity index (χ4n) is 4.33. The zero-order valence-electron chi connectivity index (χ0n) is 21.7. The summed E-state index contributed by atoms with van der Waals surface area (Å²) in [6, 6.07) is 22.1. The summed E-state index contributed by atoms with van der Waals surface area (Å²) in [7, 11) is 0. The summed E-state index contributed by atoms with van der Waals surface area (Å²) in [4.78, 5) is 19.8. The lowest BCUT2D eigenvalue weighted by molar-refractivity contribution is 0.173. The summed E-state index contributed by atoms with van der Waals surface area (Å²) in [6.07, 6.45) is 0.603. The van der Waals surface area contributed by atoms with Crippen molar-refractivity contribution >= 4 is 6.09 Å². The Kier molecular flexibility index (Phi) is 7.29. The quantitative estimate of drug-likeness (QED) is 0.288. The molecule has 0 bridgehead atoms. The maximum Gasteiger partial charge on any atom is 0.405 e. The second-order valence-electron chi connectivity index (χ2n) is 10.6. The van der Waals surface area contributed by atoms with Gasteiger partial charge in [0.25, 0.3) is 5.89 Å². The van der Waals surface area contributed by atoms with Crippen molar-refractivity contribution in [3.63, 3.8) is 0 Å². The van der Waals surface area contributed by atoms with Crippen molar-refractivity contribution in [1.82, 2.24) is 20.4 Å². The lowest BCUT2D eigenvalue weighted by Crippen LogP contribution is -2.40. The van der Waals surface area contributed by atoms with Crippen LogP contribution in [0.2, 0.25) is 0 Å². The Morgan fingerprint density at radius 2 is 1.62 bits per heavy atom. The number of benzene rings is 2. The number of nitrogens with zero attached hydrogens (tertiary/aromatic N) is 3. The molecule has 4 aromatic rings. The van der Waals surface area contributed by atoms with E-state index in [2.05, 4.69) is 65.5 Å². The Morgan fingerprint density at radius 3 is 2.19 bits per heavy atom. The van der Waals surface area contributed by atoms with Crippen LogP contribution in [0.1, 0.15) is 63.2 Å². The lowest BCUT2D eigenvalue weighted by atomic mass is 9.72. The van der Waals surface area contributed by atoms with Crippen LogP contribution in [-0.4, -0.2) is 26.3 Å². The maximum absolute atomic E-state index is 11.1. The van der Waals surface area contributed by atoms with Crippen LogP contribution in [0, 0.1) is 5.41 Å². The first-order chi connectivity index (χ1) is 17.5. The van der Waals surface area contributed by atoms with Crippen LogP contribution in [0.25, 0.3) is 11.4 Å². The van der Waals surface area contributed by atoms with Gasteiger partial charge in [-0.2, -0.15) is 4.98 Å². The van der Waals surface area contributed by atoms with E-state index in [0.29, 0.717) is 12.4 Å². The van der Waals surface area contributed by atoms with Crippen LogP contribution in [0.3, 0.4) is 0 Å². The third kappa shape index (κ3) is 6.33. The molecule has 8 heteroatoms. The largest absolute Gasteiger partial charge is 0.487 e. The number of ether oxygens (including phenoxy) is 1. The highest BCUT2D eigenvalue weighted by atomic mass is 16.5. The fraction of sp³-hybridized carbons (Fsp3) is 0.310. The average Bonchev–Trinajstić information content (AvgIpc) is 3.35. The van der Waals surface area contributed by atoms with E-state index in [4.69, 9.17) is 14.4 Å². The molecule has 0 fully saturated rings. The molecule has 0 aliphatic heterocycles. The predicted octanol–water partition coefficient (Wildman–Crippen LogP) is 6.39. The zero-order valence-corrected chi connectivity index (χ0v) is 21.7. The highest BCUT2D eigenvalue weighted by Crippen LogP contribution is 2.41. The van der Waals surface area contributed by atoms with E-state index in [1.807, 2.05) is 42.5 Å². The number of nitrogens with one attached hydrogen (secondary N) is 1. The molecule has 0 spiro atoms. The van der Waals surface area contributed by atoms with Crippen molar-refractivity contribution < 1.29 is 19.2 Å². The van der Waals surface area contributed by atoms with Crippen molar-refractivity contribution in [3.05, 3.63) is 95.6 Å². The maximum atomic E-state index is 11.1. The number of hydrogen-bond donors (Lipinski definition) is 2. The van der Waals surface area contributed by atoms with E-state index in [-0.39, 0.29) is 17.2 Å². The summed E-state index contributed by atoms with van der Waals surface area (Å²) < 4.78 is 11.3. The molecule has 2 aromatic carbocycles. The summed E-state index contributed by atoms with van der Waals surface area (Å²) in [5, 5.41) is 15.5. The van der Waals surface area contributed by atoms with Gasteiger partial charge in [0.1, 0.15) is 17.9 Å². The van der Waals surface area contributed by atoms with Crippen molar-refractivity contribution in [2.75, 3.05) is 0 Å². The first kappa shape index (κ1) is 25.9. The van der Waals surface area contributed by atoms with Crippen LogP contribution in [-0.2, 0) is 12.1 Å². The van der Waals surface area contributed by atoms with Gasteiger partial charge in [-0.3, -0.25) is 4.98 Å². The smallest absolute Gasteiger partial charge is 0.405 e. The molecule has 192 valence electrons. The Balaban J connectivity index is 1.52. The SMILES string of the molecule is CC(C)(NC(=O)O)c1nc(-c2ccc(C(c3ccc(OCc4ccccn4)cc3)C(C)(C)C)cc2)no1. The zero-order chi connectivity index (χ0) is 26.6. The van der Waals surface area contributed by atoms with E-state index in [1.54, 1.807) is 20.0 Å². The molecular formula is C29H32N4O4. The number of aromatic nitrogens is 3. The third-order valence-electron chi connectivity index (χ3n) is 6.07. The molecule has 0 saturated heterocycles. The Labute approximate surface area is 216 Å². The molecule has 37 heavy (non-hydrogen) atoms. The third-order valence-corrected chi connectivity index (χ3v) is 6.07. The van der Waals surface area contributed by atoms with Crippen LogP contribution >= 0.6 is 0 Å². The molecule has 0 aliphatic rings. The van der Waals surface area contributed by atoms with Gasteiger partial charge in [0.05, 0.1) is 5.69 Å². The first-order valence-corrected chi connectivity index (χ1v) is 12.1. The van der Waals surface area contributed by atoms with Gasteiger partial charge in [0.2, 0.25) is 5.82 Å². The highest BCUT2D eigenvalue weighted by molar-refractivity contribution is 5.65. The number of carbonyl (C=O) groups is 1. The predicted molar refractivity (Wildman–Crippen MR) is 140 cm³/mol. The molecule has 0 radical (unpaired) electrons. The lowest BCUT2D eigenvalue weighted by Gasteiger charge is -2.32. The van der Waals surface area contributed by atoms with Gasteiger partial charge in [-0.1, -0.05) is 68.4 Å². The molecule has 1 amide bonds. The summed E-state index contributed by atoms with van der Waals surface area (Å²) in [5.41, 5.74) is 2.99. The van der Waals surface area contributed by atoms with Gasteiger partial charge in [-0.05, 0) is 54.7 Å². The van der Waals surface area contributed by atoms with E-state index in [9.17, 15) is 4.79 Å². The topological polar surface area (TPSA) is 110 Å². The van der Waals surface area contributed by atoms with Gasteiger partial charge >= 0.3 is 6.09 Å². The minimum Gasteiger partial charge on any atom is -0.487 e. The molecule has 2 heterocycles. The first-order valence-electron chi connectivity index (χ1n) is 12.1. The van der Waals surface area contributed by atoms with E-state index in [1.165, 1.54) is 5.56 Å². The summed E-state index contributed by atoms with van der Waals surface area (Å²) in [5.74, 6) is 1.55. The number of hydrogen-bond acceptors (Lipinski definition) is 6. The van der Waals surface area contributed by atoms with E-state index in [0.717, 1.165) is 22.6 Å². The summed E-state index contributed by atoms with van der Waals surface area (Å²) in [6.45, 7) is 10.4. The van der Waals surface area contributed by atoms with Crippen molar-refractivity contribution in [1.29, 1.82) is 0 Å². The normalized spacial score (nSPS) is 12.7. The molecule has 2 aromatic heterocycles. The summed E-state index contributed by atoms with van der Waals surface area (Å²) >= 11 is 0. The van der Waals surface area contributed by atoms with Crippen LogP contribution < -0.4 is 10.1 Å². The van der Waals surface area contributed by atoms with Crippen molar-refractivity contribution in [2.24, 2.45) is 5.41 Å². The molecular weight excluding hydrogens is 468 g/mol. The van der Waals surface area contributed by atoms with Gasteiger partial charge < -0.3 is 19.7 Å². The monoisotopic (exact) mass is 500 g/mol. The number of carboxylic acid groups (broad SMARTS) is 1. The second-order valence-corrected chi connectivity index (χ2v) is 10.6. The Morgan fingerprint density at radius 1 is 0.973 bits per heavy atom. The van der Waals surface area contributed by atoms with Gasteiger partial charge in [-0.15, -0.1) is 0 Å². The minimum absolute atomic E-state index is 0.0380. The van der Waals surface area contributed by atoms with Crippen LogP contribution in [0.4, 0.5) is 4.79 Å². The molecule has 0 aliphatic carbocycles. The minimum atomic E-state index is -1.16. The molecule has 8 nitrogen and oxygen atoms in total. The molecule has 1 atom stereocenters. The van der Waals surface area contributed by atoms with Crippen molar-refractivity contribution in [3.8, 4) is 17.1 Å². The fourth-order valence-corrected chi connectivity index (χ4v) is 4.33. The number of pyridine rings is 1. The van der Waals surface area contributed by atoms with E-state index < -0.39 is 11.6 Å². The van der Waals surface area contributed by atoms with Crippen LogP contribution in [0.5, 0.6) is 5.75 Å². The molecule has 2 N–H and O–H groups in total. The second kappa shape index (κ2) is 10.4. The van der Waals surface area contributed by atoms with Gasteiger partial charge in [0, 0.05) is 17.7 Å². The van der Waals surface area contributed by atoms with Gasteiger partial charge in [-0.25, -0.2) is 4.79 Å². The van der Waals surface area contributed by atoms with E-state index >= 15 is 0 Å². The van der Waals surface area contributed by atoms with Gasteiger partial charge in [0.15, 0.2) is 0 Å². The molecule has 4 rings (SSSR count). The Hall–Kier alpha value is -4.20. The molecule has 0 saturated carbocycles.